The Kier molecular flexibility index (Phi) is 2.42. The fourth-order valence-corrected chi connectivity index (χ4v) is 1.85. The summed E-state index contributed by atoms with van der Waals surface area (Å²) < 4.78 is 1.94. The molecular weight excluding hydrogens is 176 g/mol. The molecule has 1 fully saturated rings. The number of aromatic nitrogens is 1. The molecule has 2 N–H and O–H groups in total. The van der Waals surface area contributed by atoms with Gasteiger partial charge in [-0.3, -0.25) is 4.79 Å². The largest absolute Gasteiger partial charge is 0.353 e. The van der Waals surface area contributed by atoms with E-state index in [1.807, 2.05) is 23.9 Å². The summed E-state index contributed by atoms with van der Waals surface area (Å²) in [6, 6.07) is 1.92. The Hall–Kier alpha value is -1.09. The molecule has 0 unspecified atom stereocenters. The summed E-state index contributed by atoms with van der Waals surface area (Å²) in [5.74, 6) is 0.578. The number of hydrogen-bond donors (Lipinski definition) is 1. The molecule has 2 rings (SSSR count). The van der Waals surface area contributed by atoms with Crippen molar-refractivity contribution in [3.05, 3.63) is 23.5 Å². The van der Waals surface area contributed by atoms with Crippen molar-refractivity contribution in [1.29, 1.82) is 0 Å². The number of Topliss-reactive ketones (excluding diaryl/α,β-unsaturated/α-hetero) is 1. The van der Waals surface area contributed by atoms with Gasteiger partial charge in [-0.15, -0.1) is 0 Å². The van der Waals surface area contributed by atoms with Crippen molar-refractivity contribution in [3.8, 4) is 0 Å². The van der Waals surface area contributed by atoms with Gasteiger partial charge in [0.05, 0.1) is 0 Å². The van der Waals surface area contributed by atoms with Crippen LogP contribution < -0.4 is 5.73 Å². The number of nitrogens with zero attached hydrogens (tertiary/aromatic N) is 1. The van der Waals surface area contributed by atoms with Crippen LogP contribution in [-0.4, -0.2) is 10.4 Å². The molecule has 0 aliphatic heterocycles. The van der Waals surface area contributed by atoms with Gasteiger partial charge in [-0.1, -0.05) is 6.42 Å². The Morgan fingerprint density at radius 3 is 2.79 bits per heavy atom. The van der Waals surface area contributed by atoms with Gasteiger partial charge in [0.2, 0.25) is 0 Å². The first-order valence-corrected chi connectivity index (χ1v) is 5.12. The van der Waals surface area contributed by atoms with Gasteiger partial charge in [-0.2, -0.15) is 0 Å². The van der Waals surface area contributed by atoms with Crippen LogP contribution >= 0.6 is 0 Å². The highest BCUT2D eigenvalue weighted by Gasteiger charge is 2.26. The first-order valence-electron chi connectivity index (χ1n) is 5.12. The zero-order valence-electron chi connectivity index (χ0n) is 8.49. The summed E-state index contributed by atoms with van der Waals surface area (Å²) in [5, 5.41) is 0. The van der Waals surface area contributed by atoms with Crippen LogP contribution in [0.2, 0.25) is 0 Å². The lowest BCUT2D eigenvalue weighted by Crippen LogP contribution is -2.21. The highest BCUT2D eigenvalue weighted by molar-refractivity contribution is 5.98. The van der Waals surface area contributed by atoms with Gasteiger partial charge in [0, 0.05) is 37.0 Å². The summed E-state index contributed by atoms with van der Waals surface area (Å²) in [6.07, 6.45) is 5.22. The lowest BCUT2D eigenvalue weighted by Gasteiger charge is -2.23. The van der Waals surface area contributed by atoms with E-state index in [0.717, 1.165) is 24.1 Å². The number of carbonyl (C=O) groups excluding carboxylic acids is 1. The zero-order chi connectivity index (χ0) is 10.1. The van der Waals surface area contributed by atoms with Crippen LogP contribution in [0, 0.1) is 5.92 Å². The lowest BCUT2D eigenvalue weighted by molar-refractivity contribution is 0.0855. The lowest BCUT2D eigenvalue weighted by atomic mass is 9.80. The number of hydrogen-bond acceptors (Lipinski definition) is 2. The SMILES string of the molecule is Cn1cc(C(=O)C2CCC2)cc1CN. The van der Waals surface area contributed by atoms with Crippen molar-refractivity contribution in [2.45, 2.75) is 25.8 Å². The van der Waals surface area contributed by atoms with E-state index in [-0.39, 0.29) is 5.92 Å². The van der Waals surface area contributed by atoms with Crippen LogP contribution in [0.3, 0.4) is 0 Å². The van der Waals surface area contributed by atoms with Crippen molar-refractivity contribution >= 4 is 5.78 Å². The van der Waals surface area contributed by atoms with E-state index in [2.05, 4.69) is 0 Å². The summed E-state index contributed by atoms with van der Waals surface area (Å²) in [5.41, 5.74) is 7.41. The average Bonchev–Trinajstić information content (AvgIpc) is 2.43. The zero-order valence-corrected chi connectivity index (χ0v) is 8.49. The summed E-state index contributed by atoms with van der Waals surface area (Å²) in [7, 11) is 1.93. The molecule has 1 aromatic rings. The Morgan fingerprint density at radius 2 is 2.36 bits per heavy atom. The van der Waals surface area contributed by atoms with E-state index in [9.17, 15) is 4.79 Å². The molecule has 1 aliphatic rings. The summed E-state index contributed by atoms with van der Waals surface area (Å²) in [6.45, 7) is 0.494. The third-order valence-electron chi connectivity index (χ3n) is 3.08. The molecule has 14 heavy (non-hydrogen) atoms. The van der Waals surface area contributed by atoms with E-state index in [1.165, 1.54) is 6.42 Å². The standard InChI is InChI=1S/C11H16N2O/c1-13-7-9(5-10(13)6-12)11(14)8-3-2-4-8/h5,7-8H,2-4,6,12H2,1H3. The maximum atomic E-state index is 11.9. The Labute approximate surface area is 83.9 Å². The van der Waals surface area contributed by atoms with Crippen LogP contribution in [0.1, 0.15) is 35.3 Å². The number of carbonyl (C=O) groups is 1. The number of aryl methyl sites for hydroxylation is 1. The molecule has 0 atom stereocenters. The van der Waals surface area contributed by atoms with Crippen molar-refractivity contribution in [2.75, 3.05) is 0 Å². The molecule has 1 heterocycles. The van der Waals surface area contributed by atoms with Crippen LogP contribution in [-0.2, 0) is 13.6 Å². The van der Waals surface area contributed by atoms with Crippen molar-refractivity contribution in [2.24, 2.45) is 18.7 Å². The summed E-state index contributed by atoms with van der Waals surface area (Å²) in [4.78, 5) is 11.9. The fraction of sp³-hybridized carbons (Fsp3) is 0.545. The summed E-state index contributed by atoms with van der Waals surface area (Å²) >= 11 is 0. The molecule has 3 heteroatoms. The molecule has 76 valence electrons. The van der Waals surface area contributed by atoms with Gasteiger partial charge >= 0.3 is 0 Å². The molecule has 0 radical (unpaired) electrons. The van der Waals surface area contributed by atoms with E-state index in [0.29, 0.717) is 12.3 Å². The molecule has 3 nitrogen and oxygen atoms in total. The topological polar surface area (TPSA) is 48.0 Å². The second-order valence-corrected chi connectivity index (χ2v) is 4.03. The fourth-order valence-electron chi connectivity index (χ4n) is 1.85. The van der Waals surface area contributed by atoms with Gasteiger partial charge in [0.1, 0.15) is 0 Å². The Balaban J connectivity index is 2.18. The van der Waals surface area contributed by atoms with Gasteiger partial charge in [0.25, 0.3) is 0 Å². The van der Waals surface area contributed by atoms with Crippen LogP contribution in [0.5, 0.6) is 0 Å². The van der Waals surface area contributed by atoms with E-state index >= 15 is 0 Å². The first kappa shape index (κ1) is 9.46. The molecule has 0 spiro atoms. The minimum Gasteiger partial charge on any atom is -0.353 e. The van der Waals surface area contributed by atoms with Crippen LogP contribution in [0.4, 0.5) is 0 Å². The van der Waals surface area contributed by atoms with E-state index in [4.69, 9.17) is 5.73 Å². The predicted octanol–water partition coefficient (Wildman–Crippen LogP) is 1.47. The molecular formula is C11H16N2O. The second-order valence-electron chi connectivity index (χ2n) is 4.03. The quantitative estimate of drug-likeness (QED) is 0.737. The van der Waals surface area contributed by atoms with Crippen LogP contribution in [0.25, 0.3) is 0 Å². The minimum absolute atomic E-state index is 0.281. The van der Waals surface area contributed by atoms with Crippen molar-refractivity contribution in [1.82, 2.24) is 4.57 Å². The second kappa shape index (κ2) is 3.58. The Morgan fingerprint density at radius 1 is 1.64 bits per heavy atom. The first-order chi connectivity index (χ1) is 6.72. The van der Waals surface area contributed by atoms with Crippen molar-refractivity contribution < 1.29 is 4.79 Å². The van der Waals surface area contributed by atoms with Gasteiger partial charge < -0.3 is 10.3 Å². The van der Waals surface area contributed by atoms with Gasteiger partial charge in [-0.05, 0) is 18.9 Å². The van der Waals surface area contributed by atoms with Gasteiger partial charge in [0.15, 0.2) is 5.78 Å². The normalized spacial score (nSPS) is 16.7. The molecule has 0 bridgehead atoms. The van der Waals surface area contributed by atoms with E-state index < -0.39 is 0 Å². The third-order valence-corrected chi connectivity index (χ3v) is 3.08. The molecule has 0 amide bonds. The molecule has 0 aromatic carbocycles. The molecule has 1 aromatic heterocycles. The van der Waals surface area contributed by atoms with Crippen molar-refractivity contribution in [3.63, 3.8) is 0 Å². The number of rotatable bonds is 3. The molecule has 0 saturated heterocycles. The third kappa shape index (κ3) is 1.48. The molecule has 1 aliphatic carbocycles. The smallest absolute Gasteiger partial charge is 0.167 e. The average molecular weight is 192 g/mol. The molecule has 1 saturated carbocycles. The minimum atomic E-state index is 0.281. The monoisotopic (exact) mass is 192 g/mol. The number of nitrogens with two attached hydrogens (primary N) is 1. The highest BCUT2D eigenvalue weighted by atomic mass is 16.1. The van der Waals surface area contributed by atoms with Gasteiger partial charge in [-0.25, -0.2) is 0 Å². The van der Waals surface area contributed by atoms with E-state index in [1.54, 1.807) is 0 Å². The maximum Gasteiger partial charge on any atom is 0.167 e. The maximum absolute atomic E-state index is 11.9. The van der Waals surface area contributed by atoms with Crippen LogP contribution in [0.15, 0.2) is 12.3 Å². The highest BCUT2D eigenvalue weighted by Crippen LogP contribution is 2.30. The Bertz CT molecular complexity index is 350. The predicted molar refractivity (Wildman–Crippen MR) is 55.0 cm³/mol. The number of ketones is 1.